The van der Waals surface area contributed by atoms with Gasteiger partial charge >= 0.3 is 5.97 Å². The molecule has 92 valence electrons. The van der Waals surface area contributed by atoms with Crippen LogP contribution in [0.5, 0.6) is 11.5 Å². The summed E-state index contributed by atoms with van der Waals surface area (Å²) >= 11 is 0. The van der Waals surface area contributed by atoms with Gasteiger partial charge in [-0.3, -0.25) is 0 Å². The number of phenolic OH excluding ortho intramolecular Hbond substituents is 1. The van der Waals surface area contributed by atoms with Gasteiger partial charge in [-0.2, -0.15) is 0 Å². The van der Waals surface area contributed by atoms with Crippen molar-refractivity contribution in [1.29, 1.82) is 0 Å². The first-order valence-corrected chi connectivity index (χ1v) is 5.31. The Labute approximate surface area is 100 Å². The van der Waals surface area contributed by atoms with Crippen LogP contribution >= 0.6 is 0 Å². The Balaban J connectivity index is 2.96. The molecule has 4 heteroatoms. The lowest BCUT2D eigenvalue weighted by Gasteiger charge is -2.07. The number of allylic oxidation sites excluding steroid dienone is 1. The van der Waals surface area contributed by atoms with E-state index < -0.39 is 0 Å². The van der Waals surface area contributed by atoms with Gasteiger partial charge in [-0.05, 0) is 37.1 Å². The average molecular weight is 236 g/mol. The maximum atomic E-state index is 11.3. The summed E-state index contributed by atoms with van der Waals surface area (Å²) in [5.74, 6) is 0.0661. The number of benzene rings is 1. The zero-order chi connectivity index (χ0) is 12.8. The Hall–Kier alpha value is -1.97. The summed E-state index contributed by atoms with van der Waals surface area (Å²) in [6.45, 7) is 3.90. The fourth-order valence-corrected chi connectivity index (χ4v) is 1.37. The highest BCUT2D eigenvalue weighted by Crippen LogP contribution is 2.29. The van der Waals surface area contributed by atoms with Gasteiger partial charge in [0.25, 0.3) is 0 Å². The molecule has 0 unspecified atom stereocenters. The van der Waals surface area contributed by atoms with Gasteiger partial charge in [-0.15, -0.1) is 0 Å². The van der Waals surface area contributed by atoms with E-state index in [0.717, 1.165) is 11.1 Å². The van der Waals surface area contributed by atoms with Crippen molar-refractivity contribution in [2.45, 2.75) is 13.8 Å². The van der Waals surface area contributed by atoms with Gasteiger partial charge in [-0.1, -0.05) is 6.07 Å². The quantitative estimate of drug-likeness (QED) is 0.644. The fourth-order valence-electron chi connectivity index (χ4n) is 1.37. The Kier molecular flexibility index (Phi) is 4.57. The Morgan fingerprint density at radius 1 is 1.47 bits per heavy atom. The molecule has 0 saturated heterocycles. The first kappa shape index (κ1) is 13.1. The number of rotatable bonds is 4. The average Bonchev–Trinajstić information content (AvgIpc) is 2.29. The van der Waals surface area contributed by atoms with Crippen LogP contribution in [0.4, 0.5) is 0 Å². The van der Waals surface area contributed by atoms with Crippen LogP contribution in [0.15, 0.2) is 24.3 Å². The molecule has 0 radical (unpaired) electrons. The van der Waals surface area contributed by atoms with Gasteiger partial charge in [0.05, 0.1) is 13.7 Å². The summed E-state index contributed by atoms with van der Waals surface area (Å²) < 4.78 is 9.81. The van der Waals surface area contributed by atoms with E-state index in [2.05, 4.69) is 0 Å². The molecule has 4 nitrogen and oxygen atoms in total. The molecule has 0 aliphatic heterocycles. The molecular weight excluding hydrogens is 220 g/mol. The maximum absolute atomic E-state index is 11.3. The number of hydrogen-bond donors (Lipinski definition) is 1. The number of ether oxygens (including phenoxy) is 2. The molecule has 0 atom stereocenters. The Morgan fingerprint density at radius 2 is 2.18 bits per heavy atom. The molecule has 1 rings (SSSR count). The van der Waals surface area contributed by atoms with Crippen LogP contribution in [0.25, 0.3) is 5.57 Å². The lowest BCUT2D eigenvalue weighted by atomic mass is 10.1. The molecule has 0 bridgehead atoms. The van der Waals surface area contributed by atoms with E-state index in [0.29, 0.717) is 12.4 Å². The second-order valence-corrected chi connectivity index (χ2v) is 3.47. The second kappa shape index (κ2) is 5.94. The molecule has 0 heterocycles. The summed E-state index contributed by atoms with van der Waals surface area (Å²) in [4.78, 5) is 11.3. The summed E-state index contributed by atoms with van der Waals surface area (Å²) in [5, 5.41) is 9.45. The van der Waals surface area contributed by atoms with Gasteiger partial charge in [0.15, 0.2) is 11.5 Å². The zero-order valence-corrected chi connectivity index (χ0v) is 10.2. The first-order valence-electron chi connectivity index (χ1n) is 5.31. The van der Waals surface area contributed by atoms with Crippen LogP contribution in [-0.4, -0.2) is 24.8 Å². The third-order valence-corrected chi connectivity index (χ3v) is 2.26. The molecule has 17 heavy (non-hydrogen) atoms. The highest BCUT2D eigenvalue weighted by atomic mass is 16.5. The largest absolute Gasteiger partial charge is 0.504 e. The van der Waals surface area contributed by atoms with Crippen LogP contribution in [0.1, 0.15) is 19.4 Å². The maximum Gasteiger partial charge on any atom is 0.331 e. The van der Waals surface area contributed by atoms with E-state index in [1.807, 2.05) is 0 Å². The van der Waals surface area contributed by atoms with E-state index in [4.69, 9.17) is 9.47 Å². The second-order valence-electron chi connectivity index (χ2n) is 3.47. The van der Waals surface area contributed by atoms with E-state index in [1.54, 1.807) is 26.0 Å². The van der Waals surface area contributed by atoms with E-state index >= 15 is 0 Å². The van der Waals surface area contributed by atoms with E-state index in [1.165, 1.54) is 19.3 Å². The van der Waals surface area contributed by atoms with Gasteiger partial charge < -0.3 is 14.6 Å². The molecule has 0 amide bonds. The van der Waals surface area contributed by atoms with Crippen LogP contribution < -0.4 is 4.74 Å². The van der Waals surface area contributed by atoms with Crippen LogP contribution in [-0.2, 0) is 9.53 Å². The molecule has 1 N–H and O–H groups in total. The number of hydrogen-bond acceptors (Lipinski definition) is 4. The molecule has 0 aliphatic rings. The number of carbonyl (C=O) groups is 1. The number of carbonyl (C=O) groups excluding carboxylic acids is 1. The van der Waals surface area contributed by atoms with Gasteiger partial charge in [0.1, 0.15) is 0 Å². The van der Waals surface area contributed by atoms with Crippen molar-refractivity contribution in [2.24, 2.45) is 0 Å². The predicted octanol–water partition coefficient (Wildman–Crippen LogP) is 2.37. The lowest BCUT2D eigenvalue weighted by Crippen LogP contribution is -2.00. The van der Waals surface area contributed by atoms with Crippen molar-refractivity contribution in [3.8, 4) is 11.5 Å². The topological polar surface area (TPSA) is 55.8 Å². The van der Waals surface area contributed by atoms with Crippen LogP contribution in [0.3, 0.4) is 0 Å². The molecule has 1 aromatic carbocycles. The lowest BCUT2D eigenvalue weighted by molar-refractivity contribution is -0.137. The fraction of sp³-hybridized carbons (Fsp3) is 0.308. The summed E-state index contributed by atoms with van der Waals surface area (Å²) in [7, 11) is 1.48. The highest BCUT2D eigenvalue weighted by Gasteiger charge is 2.05. The minimum atomic E-state index is -0.378. The molecule has 0 fully saturated rings. The SMILES string of the molecule is CCOC(=O)/C=C(\C)c1ccc(O)c(OC)c1. The highest BCUT2D eigenvalue weighted by molar-refractivity contribution is 5.91. The Morgan fingerprint density at radius 3 is 2.76 bits per heavy atom. The van der Waals surface area contributed by atoms with Crippen molar-refractivity contribution >= 4 is 11.5 Å². The molecular formula is C13H16O4. The normalized spacial score (nSPS) is 11.1. The smallest absolute Gasteiger partial charge is 0.331 e. The minimum absolute atomic E-state index is 0.0696. The molecule has 0 aromatic heterocycles. The van der Waals surface area contributed by atoms with E-state index in [-0.39, 0.29) is 11.7 Å². The van der Waals surface area contributed by atoms with Crippen LogP contribution in [0, 0.1) is 0 Å². The van der Waals surface area contributed by atoms with Gasteiger partial charge in [0.2, 0.25) is 0 Å². The van der Waals surface area contributed by atoms with Crippen LogP contribution in [0.2, 0.25) is 0 Å². The zero-order valence-electron chi connectivity index (χ0n) is 10.2. The van der Waals surface area contributed by atoms with Gasteiger partial charge in [0, 0.05) is 6.08 Å². The molecule has 0 spiro atoms. The minimum Gasteiger partial charge on any atom is -0.504 e. The van der Waals surface area contributed by atoms with Crippen molar-refractivity contribution in [3.05, 3.63) is 29.8 Å². The summed E-state index contributed by atoms with van der Waals surface area (Å²) in [5.41, 5.74) is 1.55. The molecule has 0 aliphatic carbocycles. The molecule has 0 saturated carbocycles. The monoisotopic (exact) mass is 236 g/mol. The third kappa shape index (κ3) is 3.52. The number of phenols is 1. The first-order chi connectivity index (χ1) is 8.08. The number of aromatic hydroxyl groups is 1. The van der Waals surface area contributed by atoms with Gasteiger partial charge in [-0.25, -0.2) is 4.79 Å². The molecule has 1 aromatic rings. The van der Waals surface area contributed by atoms with Crippen molar-refractivity contribution < 1.29 is 19.4 Å². The summed E-state index contributed by atoms with van der Waals surface area (Å²) in [6, 6.07) is 4.90. The van der Waals surface area contributed by atoms with E-state index in [9.17, 15) is 9.90 Å². The summed E-state index contributed by atoms with van der Waals surface area (Å²) in [6.07, 6.45) is 1.41. The third-order valence-electron chi connectivity index (χ3n) is 2.26. The Bertz CT molecular complexity index is 435. The van der Waals surface area contributed by atoms with Crippen molar-refractivity contribution in [2.75, 3.05) is 13.7 Å². The van der Waals surface area contributed by atoms with Crippen molar-refractivity contribution in [3.63, 3.8) is 0 Å². The predicted molar refractivity (Wildman–Crippen MR) is 64.9 cm³/mol. The van der Waals surface area contributed by atoms with Crippen molar-refractivity contribution in [1.82, 2.24) is 0 Å². The number of methoxy groups -OCH3 is 1. The number of esters is 1. The standard InChI is InChI=1S/C13H16O4/c1-4-17-13(15)7-9(2)10-5-6-11(14)12(8-10)16-3/h5-8,14H,4H2,1-3H3/b9-7+.